The Morgan fingerprint density at radius 2 is 1.78 bits per heavy atom. The van der Waals surface area contributed by atoms with Gasteiger partial charge < -0.3 is 13.8 Å². The Kier molecular flexibility index (Phi) is 9.54. The van der Waals surface area contributed by atoms with Crippen LogP contribution in [-0.4, -0.2) is 19.9 Å². The first-order chi connectivity index (χ1) is 11.0. The van der Waals surface area contributed by atoms with E-state index in [1.54, 1.807) is 7.11 Å². The van der Waals surface area contributed by atoms with Crippen molar-refractivity contribution in [3.8, 4) is 5.75 Å². The van der Waals surface area contributed by atoms with Gasteiger partial charge in [0.15, 0.2) is 0 Å². The minimum atomic E-state index is -3.01. The summed E-state index contributed by atoms with van der Waals surface area (Å²) >= 11 is 0. The largest absolute Gasteiger partial charge is 0.497 e. The molecule has 0 N–H and O–H groups in total. The first kappa shape index (κ1) is 20.2. The van der Waals surface area contributed by atoms with E-state index in [2.05, 4.69) is 20.8 Å². The van der Waals surface area contributed by atoms with Gasteiger partial charge in [0.25, 0.3) is 0 Å². The van der Waals surface area contributed by atoms with E-state index in [1.807, 2.05) is 24.3 Å². The van der Waals surface area contributed by atoms with Gasteiger partial charge in [-0.2, -0.15) is 0 Å². The lowest BCUT2D eigenvalue weighted by molar-refractivity contribution is 0.192. The van der Waals surface area contributed by atoms with E-state index >= 15 is 0 Å². The Morgan fingerprint density at radius 1 is 1.09 bits per heavy atom. The summed E-state index contributed by atoms with van der Waals surface area (Å²) < 4.78 is 29.3. The molecule has 0 saturated carbocycles. The predicted octanol–water partition coefficient (Wildman–Crippen LogP) is 5.66. The standard InChI is InChI=1S/C18H31O4P/c1-5-6-14-23(19,21-13-7-8-16(2)3)22-15-17-9-11-18(20-4)12-10-17/h9-12,16H,5-8,13-15H2,1-4H3. The Hall–Kier alpha value is -0.830. The van der Waals surface area contributed by atoms with Crippen molar-refractivity contribution in [1.82, 2.24) is 0 Å². The first-order valence-electron chi connectivity index (χ1n) is 8.50. The minimum absolute atomic E-state index is 0.301. The zero-order valence-electron chi connectivity index (χ0n) is 14.9. The summed E-state index contributed by atoms with van der Waals surface area (Å²) in [5, 5.41) is 0. The molecule has 1 aromatic rings. The quantitative estimate of drug-likeness (QED) is 0.363. The number of unbranched alkanes of at least 4 members (excludes halogenated alkanes) is 1. The Balaban J connectivity index is 2.52. The van der Waals surface area contributed by atoms with Crippen LogP contribution >= 0.6 is 7.60 Å². The van der Waals surface area contributed by atoms with Crippen molar-refractivity contribution in [3.05, 3.63) is 29.8 Å². The van der Waals surface area contributed by atoms with Crippen LogP contribution in [-0.2, 0) is 20.2 Å². The van der Waals surface area contributed by atoms with Crippen molar-refractivity contribution in [2.75, 3.05) is 19.9 Å². The fraction of sp³-hybridized carbons (Fsp3) is 0.667. The van der Waals surface area contributed by atoms with Gasteiger partial charge in [0.2, 0.25) is 0 Å². The predicted molar refractivity (Wildman–Crippen MR) is 95.2 cm³/mol. The minimum Gasteiger partial charge on any atom is -0.497 e. The first-order valence-corrected chi connectivity index (χ1v) is 10.2. The third-order valence-electron chi connectivity index (χ3n) is 3.59. The molecule has 0 fully saturated rings. The molecule has 0 radical (unpaired) electrons. The van der Waals surface area contributed by atoms with Crippen LogP contribution in [0.25, 0.3) is 0 Å². The lowest BCUT2D eigenvalue weighted by atomic mass is 10.1. The van der Waals surface area contributed by atoms with Gasteiger partial charge >= 0.3 is 7.60 Å². The summed E-state index contributed by atoms with van der Waals surface area (Å²) in [6.07, 6.45) is 4.31. The number of ether oxygens (including phenoxy) is 1. The van der Waals surface area contributed by atoms with E-state index in [-0.39, 0.29) is 0 Å². The lowest BCUT2D eigenvalue weighted by Crippen LogP contribution is -2.03. The summed E-state index contributed by atoms with van der Waals surface area (Å²) in [6, 6.07) is 7.59. The fourth-order valence-electron chi connectivity index (χ4n) is 2.11. The number of hydrogen-bond donors (Lipinski definition) is 0. The molecule has 1 rings (SSSR count). The van der Waals surface area contributed by atoms with Crippen LogP contribution in [0.5, 0.6) is 5.75 Å². The highest BCUT2D eigenvalue weighted by molar-refractivity contribution is 7.53. The SMILES string of the molecule is CCCCP(=O)(OCCCC(C)C)OCc1ccc(OC)cc1. The molecule has 23 heavy (non-hydrogen) atoms. The second-order valence-corrected chi connectivity index (χ2v) is 8.36. The fourth-order valence-corrected chi connectivity index (χ4v) is 3.90. The molecule has 132 valence electrons. The number of hydrogen-bond acceptors (Lipinski definition) is 4. The maximum absolute atomic E-state index is 12.8. The van der Waals surface area contributed by atoms with Crippen LogP contribution in [0.1, 0.15) is 52.0 Å². The molecule has 1 aromatic carbocycles. The summed E-state index contributed by atoms with van der Waals surface area (Å²) in [6.45, 7) is 7.23. The molecule has 0 aliphatic rings. The van der Waals surface area contributed by atoms with Crippen molar-refractivity contribution in [3.63, 3.8) is 0 Å². The maximum atomic E-state index is 12.8. The van der Waals surface area contributed by atoms with Gasteiger partial charge in [0.1, 0.15) is 5.75 Å². The van der Waals surface area contributed by atoms with Crippen molar-refractivity contribution < 1.29 is 18.3 Å². The molecule has 1 unspecified atom stereocenters. The highest BCUT2D eigenvalue weighted by Gasteiger charge is 2.23. The van der Waals surface area contributed by atoms with Crippen LogP contribution in [0, 0.1) is 5.92 Å². The summed E-state index contributed by atoms with van der Waals surface area (Å²) in [5.74, 6) is 1.43. The molecule has 1 atom stereocenters. The van der Waals surface area contributed by atoms with E-state index < -0.39 is 7.60 Å². The van der Waals surface area contributed by atoms with Gasteiger partial charge in [-0.3, -0.25) is 4.57 Å². The highest BCUT2D eigenvalue weighted by atomic mass is 31.2. The topological polar surface area (TPSA) is 44.8 Å². The van der Waals surface area contributed by atoms with E-state index in [9.17, 15) is 4.57 Å². The molecule has 4 nitrogen and oxygen atoms in total. The van der Waals surface area contributed by atoms with Crippen LogP contribution < -0.4 is 4.74 Å². The van der Waals surface area contributed by atoms with Crippen molar-refractivity contribution in [2.45, 2.75) is 53.1 Å². The van der Waals surface area contributed by atoms with E-state index in [0.29, 0.717) is 25.3 Å². The lowest BCUT2D eigenvalue weighted by Gasteiger charge is -2.19. The number of methoxy groups -OCH3 is 1. The Labute approximate surface area is 141 Å². The molecule has 0 aromatic heterocycles. The zero-order valence-corrected chi connectivity index (χ0v) is 15.8. The van der Waals surface area contributed by atoms with Crippen molar-refractivity contribution in [2.24, 2.45) is 5.92 Å². The van der Waals surface area contributed by atoms with Gasteiger partial charge in [-0.15, -0.1) is 0 Å². The third kappa shape index (κ3) is 8.55. The monoisotopic (exact) mass is 342 g/mol. The van der Waals surface area contributed by atoms with Crippen LogP contribution in [0.4, 0.5) is 0 Å². The van der Waals surface area contributed by atoms with Gasteiger partial charge in [-0.05, 0) is 42.9 Å². The van der Waals surface area contributed by atoms with E-state index in [1.165, 1.54) is 0 Å². The molecule has 0 aliphatic carbocycles. The summed E-state index contributed by atoms with van der Waals surface area (Å²) in [4.78, 5) is 0. The average molecular weight is 342 g/mol. The molecule has 0 heterocycles. The molecular formula is C18H31O4P. The van der Waals surface area contributed by atoms with Gasteiger partial charge in [0.05, 0.1) is 26.5 Å². The molecule has 0 saturated heterocycles. The molecule has 0 bridgehead atoms. The van der Waals surface area contributed by atoms with Gasteiger partial charge in [0, 0.05) is 0 Å². The average Bonchev–Trinajstić information content (AvgIpc) is 2.56. The molecule has 0 spiro atoms. The molecular weight excluding hydrogens is 311 g/mol. The third-order valence-corrected chi connectivity index (χ3v) is 5.55. The molecule has 0 amide bonds. The van der Waals surface area contributed by atoms with Crippen molar-refractivity contribution in [1.29, 1.82) is 0 Å². The zero-order chi connectivity index (χ0) is 17.1. The Bertz CT molecular complexity index is 470. The second-order valence-electron chi connectivity index (χ2n) is 6.18. The summed E-state index contributed by atoms with van der Waals surface area (Å²) in [5.41, 5.74) is 0.966. The maximum Gasteiger partial charge on any atom is 0.330 e. The normalized spacial score (nSPS) is 14.0. The van der Waals surface area contributed by atoms with E-state index in [0.717, 1.165) is 37.0 Å². The highest BCUT2D eigenvalue weighted by Crippen LogP contribution is 2.50. The van der Waals surface area contributed by atoms with Crippen molar-refractivity contribution >= 4 is 7.60 Å². The smallest absolute Gasteiger partial charge is 0.330 e. The molecule has 5 heteroatoms. The van der Waals surface area contributed by atoms with Crippen LogP contribution in [0.2, 0.25) is 0 Å². The van der Waals surface area contributed by atoms with Gasteiger partial charge in [-0.25, -0.2) is 0 Å². The number of rotatable bonds is 12. The van der Waals surface area contributed by atoms with E-state index in [4.69, 9.17) is 13.8 Å². The van der Waals surface area contributed by atoms with Crippen LogP contribution in [0.15, 0.2) is 24.3 Å². The Morgan fingerprint density at radius 3 is 2.35 bits per heavy atom. The summed E-state index contributed by atoms with van der Waals surface area (Å²) in [7, 11) is -1.38. The second kappa shape index (κ2) is 10.9. The number of benzene rings is 1. The van der Waals surface area contributed by atoms with Gasteiger partial charge in [-0.1, -0.05) is 39.3 Å². The van der Waals surface area contributed by atoms with Crippen LogP contribution in [0.3, 0.4) is 0 Å². The molecule has 0 aliphatic heterocycles.